The molecule has 0 spiro atoms. The number of hydrogen-bond acceptors (Lipinski definition) is 4. The molecule has 1 atom stereocenters. The first kappa shape index (κ1) is 17.1. The number of nitrogens with one attached hydrogen (secondary N) is 3. The quantitative estimate of drug-likeness (QED) is 0.763. The van der Waals surface area contributed by atoms with Crippen molar-refractivity contribution in [2.45, 2.75) is 18.9 Å². The number of halogens is 1. The maximum absolute atomic E-state index is 13.1. The number of amides is 2. The second-order valence-electron chi connectivity index (χ2n) is 5.92. The summed E-state index contributed by atoms with van der Waals surface area (Å²) in [5.41, 5.74) is 0.609. The van der Waals surface area contributed by atoms with Gasteiger partial charge in [0.25, 0.3) is 5.91 Å². The highest BCUT2D eigenvalue weighted by Gasteiger charge is 2.18. The van der Waals surface area contributed by atoms with Crippen LogP contribution >= 0.6 is 0 Å². The smallest absolute Gasteiger partial charge is 0.272 e. The van der Waals surface area contributed by atoms with E-state index < -0.39 is 17.6 Å². The molecule has 7 nitrogen and oxygen atoms in total. The number of hydrogen-bond donors (Lipinski definition) is 3. The first-order valence-corrected chi connectivity index (χ1v) is 8.21. The van der Waals surface area contributed by atoms with Gasteiger partial charge in [-0.25, -0.2) is 4.39 Å². The summed E-state index contributed by atoms with van der Waals surface area (Å²) in [6.45, 7) is 1.62. The van der Waals surface area contributed by atoms with Crippen LogP contribution in [0.2, 0.25) is 0 Å². The Bertz CT molecular complexity index is 755. The van der Waals surface area contributed by atoms with Gasteiger partial charge in [-0.3, -0.25) is 14.3 Å². The summed E-state index contributed by atoms with van der Waals surface area (Å²) in [7, 11) is 0. The van der Waals surface area contributed by atoms with Crippen molar-refractivity contribution in [1.29, 1.82) is 0 Å². The Kier molecular flexibility index (Phi) is 5.39. The summed E-state index contributed by atoms with van der Waals surface area (Å²) in [6, 6.07) is 7.44. The standard InChI is InChI=1S/C17H20FN5O2/c18-12-3-1-4-13(9-12)21-16(24)11-20-17(25)15-6-8-23(22-15)14-5-2-7-19-10-14/h1,3-4,6,8-9,14,19H,2,5,7,10-11H2,(H,20,25)(H,21,24). The predicted octanol–water partition coefficient (Wildman–Crippen LogP) is 1.32. The summed E-state index contributed by atoms with van der Waals surface area (Å²) in [4.78, 5) is 23.9. The molecule has 8 heteroatoms. The molecule has 2 heterocycles. The van der Waals surface area contributed by atoms with Crippen LogP contribution < -0.4 is 16.0 Å². The number of rotatable bonds is 5. The van der Waals surface area contributed by atoms with Crippen molar-refractivity contribution in [3.63, 3.8) is 0 Å². The topological polar surface area (TPSA) is 88.1 Å². The van der Waals surface area contributed by atoms with Crippen LogP contribution in [-0.4, -0.2) is 41.2 Å². The Balaban J connectivity index is 1.50. The Morgan fingerprint density at radius 3 is 3.00 bits per heavy atom. The van der Waals surface area contributed by atoms with E-state index in [1.54, 1.807) is 23.0 Å². The molecular formula is C17H20FN5O2. The Morgan fingerprint density at radius 1 is 1.36 bits per heavy atom. The van der Waals surface area contributed by atoms with Crippen LogP contribution in [0.15, 0.2) is 36.5 Å². The minimum Gasteiger partial charge on any atom is -0.342 e. The molecule has 0 radical (unpaired) electrons. The van der Waals surface area contributed by atoms with Crippen molar-refractivity contribution >= 4 is 17.5 Å². The first-order valence-electron chi connectivity index (χ1n) is 8.21. The molecule has 1 fully saturated rings. The summed E-state index contributed by atoms with van der Waals surface area (Å²) in [5, 5.41) is 12.6. The number of benzene rings is 1. The molecule has 1 saturated heterocycles. The Morgan fingerprint density at radius 2 is 2.24 bits per heavy atom. The van der Waals surface area contributed by atoms with Gasteiger partial charge in [-0.2, -0.15) is 5.10 Å². The lowest BCUT2D eigenvalue weighted by Crippen LogP contribution is -2.34. The molecule has 2 aromatic rings. The van der Waals surface area contributed by atoms with Gasteiger partial charge in [-0.1, -0.05) is 6.07 Å². The fourth-order valence-corrected chi connectivity index (χ4v) is 2.74. The van der Waals surface area contributed by atoms with E-state index in [4.69, 9.17) is 0 Å². The first-order chi connectivity index (χ1) is 12.1. The van der Waals surface area contributed by atoms with Crippen molar-refractivity contribution in [3.8, 4) is 0 Å². The number of carbonyl (C=O) groups excluding carboxylic acids is 2. The van der Waals surface area contributed by atoms with E-state index in [1.165, 1.54) is 18.2 Å². The van der Waals surface area contributed by atoms with Crippen LogP contribution in [-0.2, 0) is 4.79 Å². The number of anilines is 1. The molecule has 2 amide bonds. The predicted molar refractivity (Wildman–Crippen MR) is 90.7 cm³/mol. The molecule has 1 aromatic heterocycles. The molecule has 132 valence electrons. The van der Waals surface area contributed by atoms with Gasteiger partial charge in [0.1, 0.15) is 11.5 Å². The van der Waals surface area contributed by atoms with Gasteiger partial charge in [0.05, 0.1) is 12.6 Å². The molecule has 0 aliphatic carbocycles. The third kappa shape index (κ3) is 4.63. The van der Waals surface area contributed by atoms with Crippen molar-refractivity contribution < 1.29 is 14.0 Å². The molecule has 1 aromatic carbocycles. The minimum absolute atomic E-state index is 0.215. The van der Waals surface area contributed by atoms with Gasteiger partial charge >= 0.3 is 0 Å². The molecule has 3 rings (SSSR count). The average Bonchev–Trinajstić information content (AvgIpc) is 3.11. The van der Waals surface area contributed by atoms with Crippen LogP contribution in [0.5, 0.6) is 0 Å². The monoisotopic (exact) mass is 345 g/mol. The zero-order valence-corrected chi connectivity index (χ0v) is 13.7. The molecular weight excluding hydrogens is 325 g/mol. The van der Waals surface area contributed by atoms with Crippen molar-refractivity contribution in [1.82, 2.24) is 20.4 Å². The van der Waals surface area contributed by atoms with Crippen molar-refractivity contribution in [3.05, 3.63) is 48.0 Å². The van der Waals surface area contributed by atoms with Gasteiger partial charge in [0.15, 0.2) is 0 Å². The van der Waals surface area contributed by atoms with Crippen LogP contribution in [0.3, 0.4) is 0 Å². The van der Waals surface area contributed by atoms with E-state index in [0.29, 0.717) is 5.69 Å². The lowest BCUT2D eigenvalue weighted by atomic mass is 10.1. The summed E-state index contributed by atoms with van der Waals surface area (Å²) in [5.74, 6) is -1.30. The maximum atomic E-state index is 13.1. The lowest BCUT2D eigenvalue weighted by molar-refractivity contribution is -0.115. The van der Waals surface area contributed by atoms with Gasteiger partial charge in [-0.05, 0) is 43.7 Å². The zero-order valence-electron chi connectivity index (χ0n) is 13.7. The molecule has 0 saturated carbocycles. The van der Waals surface area contributed by atoms with Gasteiger partial charge < -0.3 is 16.0 Å². The zero-order chi connectivity index (χ0) is 17.6. The molecule has 3 N–H and O–H groups in total. The molecule has 1 aliphatic heterocycles. The van der Waals surface area contributed by atoms with E-state index in [1.807, 2.05) is 0 Å². The van der Waals surface area contributed by atoms with Gasteiger partial charge in [0.2, 0.25) is 5.91 Å². The summed E-state index contributed by atoms with van der Waals surface area (Å²) < 4.78 is 14.9. The lowest BCUT2D eigenvalue weighted by Gasteiger charge is -2.22. The third-order valence-electron chi connectivity index (χ3n) is 4.00. The van der Waals surface area contributed by atoms with Gasteiger partial charge in [-0.15, -0.1) is 0 Å². The summed E-state index contributed by atoms with van der Waals surface area (Å²) in [6.07, 6.45) is 3.87. The van der Waals surface area contributed by atoms with Crippen molar-refractivity contribution in [2.75, 3.05) is 25.0 Å². The number of nitrogens with zero attached hydrogens (tertiary/aromatic N) is 2. The largest absolute Gasteiger partial charge is 0.342 e. The molecule has 1 aliphatic rings. The SMILES string of the molecule is O=C(CNC(=O)c1ccn(C2CCCNC2)n1)Nc1cccc(F)c1. The molecule has 0 bridgehead atoms. The minimum atomic E-state index is -0.440. The van der Waals surface area contributed by atoms with E-state index in [-0.39, 0.29) is 18.3 Å². The highest BCUT2D eigenvalue weighted by atomic mass is 19.1. The second-order valence-corrected chi connectivity index (χ2v) is 5.92. The summed E-state index contributed by atoms with van der Waals surface area (Å²) >= 11 is 0. The number of aromatic nitrogens is 2. The van der Waals surface area contributed by atoms with E-state index in [2.05, 4.69) is 21.0 Å². The number of piperidine rings is 1. The fourth-order valence-electron chi connectivity index (χ4n) is 2.74. The van der Waals surface area contributed by atoms with Crippen molar-refractivity contribution in [2.24, 2.45) is 0 Å². The highest BCUT2D eigenvalue weighted by molar-refractivity contribution is 5.98. The average molecular weight is 345 g/mol. The van der Waals surface area contributed by atoms with E-state index in [9.17, 15) is 14.0 Å². The highest BCUT2D eigenvalue weighted by Crippen LogP contribution is 2.15. The normalized spacial score (nSPS) is 17.1. The van der Waals surface area contributed by atoms with Crippen LogP contribution in [0.25, 0.3) is 0 Å². The Hall–Kier alpha value is -2.74. The van der Waals surface area contributed by atoms with E-state index >= 15 is 0 Å². The Labute approximate surface area is 144 Å². The maximum Gasteiger partial charge on any atom is 0.272 e. The van der Waals surface area contributed by atoms with Crippen LogP contribution in [0, 0.1) is 5.82 Å². The van der Waals surface area contributed by atoms with E-state index in [0.717, 1.165) is 25.9 Å². The fraction of sp³-hybridized carbons (Fsp3) is 0.353. The second kappa shape index (κ2) is 7.89. The number of carbonyl (C=O) groups is 2. The van der Waals surface area contributed by atoms with Crippen LogP contribution in [0.4, 0.5) is 10.1 Å². The van der Waals surface area contributed by atoms with Crippen LogP contribution in [0.1, 0.15) is 29.4 Å². The third-order valence-corrected chi connectivity index (χ3v) is 4.00. The molecule has 25 heavy (non-hydrogen) atoms. The van der Waals surface area contributed by atoms with Gasteiger partial charge in [0, 0.05) is 18.4 Å². The molecule has 1 unspecified atom stereocenters.